The minimum atomic E-state index is -1.79. The topological polar surface area (TPSA) is 228 Å². The molecule has 2 aliphatic rings. The summed E-state index contributed by atoms with van der Waals surface area (Å²) in [5, 5.41) is 87.3. The van der Waals surface area contributed by atoms with Gasteiger partial charge in [-0.3, -0.25) is 4.79 Å². The molecule has 0 aromatic rings. The molecule has 1 amide bonds. The third-order valence-electron chi connectivity index (χ3n) is 16.4. The predicted octanol–water partition coefficient (Wildman–Crippen LogP) is 14.5. The van der Waals surface area contributed by atoms with Gasteiger partial charge in [0.25, 0.3) is 0 Å². The van der Waals surface area contributed by atoms with Crippen LogP contribution in [0.15, 0.2) is 122 Å². The van der Waals surface area contributed by atoms with Gasteiger partial charge in [-0.05, 0) is 89.9 Å². The lowest BCUT2D eigenvalue weighted by Gasteiger charge is -2.46. The van der Waals surface area contributed by atoms with Gasteiger partial charge in [0, 0.05) is 6.42 Å². The Bertz CT molecular complexity index is 1960. The van der Waals surface area contributed by atoms with Gasteiger partial charge in [0.1, 0.15) is 48.8 Å². The molecule has 2 saturated heterocycles. The predicted molar refractivity (Wildman–Crippen MR) is 364 cm³/mol. The van der Waals surface area contributed by atoms with Gasteiger partial charge in [-0.1, -0.05) is 277 Å². The molecule has 0 aliphatic carbocycles. The second-order valence-corrected chi connectivity index (χ2v) is 24.3. The van der Waals surface area contributed by atoms with Gasteiger partial charge in [0.15, 0.2) is 12.6 Å². The van der Waals surface area contributed by atoms with E-state index in [0.717, 1.165) is 103 Å². The number of ether oxygens (including phenoxy) is 4. The molecular weight excluding hydrogens is 1120 g/mol. The molecule has 12 unspecified atom stereocenters. The number of nitrogens with one attached hydrogen (secondary N) is 1. The lowest BCUT2D eigenvalue weighted by atomic mass is 9.97. The average Bonchev–Trinajstić information content (AvgIpc) is 2.74. The molecule has 0 saturated carbocycles. The fourth-order valence-corrected chi connectivity index (χ4v) is 10.8. The lowest BCUT2D eigenvalue weighted by Crippen LogP contribution is -2.65. The van der Waals surface area contributed by atoms with E-state index in [9.17, 15) is 45.6 Å². The summed E-state index contributed by atoms with van der Waals surface area (Å²) in [6.45, 7) is 2.68. The molecule has 0 spiro atoms. The summed E-state index contributed by atoms with van der Waals surface area (Å²) in [5.41, 5.74) is 0. The number of allylic oxidation sites excluding steroid dienone is 19. The summed E-state index contributed by atoms with van der Waals surface area (Å²) in [6.07, 6.45) is 68.3. The molecule has 0 aromatic carbocycles. The highest BCUT2D eigenvalue weighted by Crippen LogP contribution is 2.30. The van der Waals surface area contributed by atoms with Gasteiger partial charge in [0.2, 0.25) is 5.91 Å². The summed E-state index contributed by atoms with van der Waals surface area (Å²) in [5.74, 6) is -0.244. The van der Waals surface area contributed by atoms with Crippen molar-refractivity contribution in [2.75, 3.05) is 19.8 Å². The van der Waals surface area contributed by atoms with E-state index in [2.05, 4.69) is 129 Å². The van der Waals surface area contributed by atoms with E-state index in [-0.39, 0.29) is 18.9 Å². The van der Waals surface area contributed by atoms with Crippen LogP contribution in [0.1, 0.15) is 251 Å². The molecule has 14 heteroatoms. The first-order chi connectivity index (χ1) is 43.6. The van der Waals surface area contributed by atoms with Gasteiger partial charge >= 0.3 is 0 Å². The molecule has 510 valence electrons. The number of carbonyl (C=O) groups excluding carboxylic acids is 1. The third kappa shape index (κ3) is 42.3. The molecule has 2 fully saturated rings. The zero-order valence-electron chi connectivity index (χ0n) is 55.4. The zero-order valence-corrected chi connectivity index (χ0v) is 55.4. The second kappa shape index (κ2) is 58.2. The Morgan fingerprint density at radius 2 is 0.775 bits per heavy atom. The summed E-state index contributed by atoms with van der Waals surface area (Å²) in [4.78, 5) is 13.3. The number of hydrogen-bond donors (Lipinski definition) is 9. The normalized spacial score (nSPS) is 23.8. The first kappa shape index (κ1) is 81.5. The van der Waals surface area contributed by atoms with Crippen LogP contribution in [-0.4, -0.2) is 140 Å². The molecule has 9 N–H and O–H groups in total. The average molecular weight is 1250 g/mol. The molecule has 0 bridgehead atoms. The Labute approximate surface area is 539 Å². The van der Waals surface area contributed by atoms with Crippen molar-refractivity contribution in [2.24, 2.45) is 0 Å². The van der Waals surface area contributed by atoms with Crippen molar-refractivity contribution >= 4 is 5.91 Å². The van der Waals surface area contributed by atoms with Gasteiger partial charge in [0.05, 0.1) is 32.0 Å². The maximum atomic E-state index is 13.3. The van der Waals surface area contributed by atoms with Crippen molar-refractivity contribution in [1.29, 1.82) is 0 Å². The molecule has 2 aliphatic heterocycles. The fourth-order valence-electron chi connectivity index (χ4n) is 10.8. The molecule has 2 heterocycles. The summed E-state index contributed by atoms with van der Waals surface area (Å²) < 4.78 is 22.8. The van der Waals surface area contributed by atoms with Crippen LogP contribution in [0, 0.1) is 0 Å². The molecule has 2 rings (SSSR count). The van der Waals surface area contributed by atoms with Gasteiger partial charge in [-0.25, -0.2) is 0 Å². The van der Waals surface area contributed by atoms with E-state index in [0.29, 0.717) is 6.42 Å². The van der Waals surface area contributed by atoms with E-state index in [1.165, 1.54) is 122 Å². The monoisotopic (exact) mass is 1250 g/mol. The largest absolute Gasteiger partial charge is 0.394 e. The summed E-state index contributed by atoms with van der Waals surface area (Å²) in [7, 11) is 0. The Hall–Kier alpha value is -3.61. The molecular formula is C75H127NO13. The minimum Gasteiger partial charge on any atom is -0.394 e. The molecule has 89 heavy (non-hydrogen) atoms. The van der Waals surface area contributed by atoms with E-state index in [4.69, 9.17) is 18.9 Å². The van der Waals surface area contributed by atoms with Crippen molar-refractivity contribution in [2.45, 2.75) is 325 Å². The number of rotatable bonds is 56. The van der Waals surface area contributed by atoms with Crippen LogP contribution < -0.4 is 5.32 Å². The maximum Gasteiger partial charge on any atom is 0.220 e. The molecule has 0 radical (unpaired) electrons. The van der Waals surface area contributed by atoms with Gasteiger partial charge in [-0.2, -0.15) is 0 Å². The fraction of sp³-hybridized carbons (Fsp3) is 0.720. The van der Waals surface area contributed by atoms with Crippen molar-refractivity contribution in [3.8, 4) is 0 Å². The van der Waals surface area contributed by atoms with Crippen molar-refractivity contribution in [3.63, 3.8) is 0 Å². The Morgan fingerprint density at radius 1 is 0.416 bits per heavy atom. The number of amides is 1. The van der Waals surface area contributed by atoms with Crippen LogP contribution in [-0.2, 0) is 23.7 Å². The van der Waals surface area contributed by atoms with Crippen LogP contribution in [0.5, 0.6) is 0 Å². The summed E-state index contributed by atoms with van der Waals surface area (Å²) >= 11 is 0. The van der Waals surface area contributed by atoms with Crippen molar-refractivity contribution < 1.29 is 64.6 Å². The third-order valence-corrected chi connectivity index (χ3v) is 16.4. The van der Waals surface area contributed by atoms with Crippen molar-refractivity contribution in [1.82, 2.24) is 5.32 Å². The standard InChI is InChI=1S/C75H127NO13/c1-3-5-7-9-11-13-15-17-19-20-21-22-23-24-25-26-27-28-29-30-31-32-33-34-35-36-37-38-39-40-41-42-43-44-45-47-49-51-53-55-57-59-67(80)76-63(64(79)58-56-54-52-50-48-46-18-16-14-12-10-8-6-4-2)62-86-74-72(85)70(83)73(66(61-78)88-74)89-75-71(84)69(82)68(81)65(60-77)87-75/h5,7,11,13,17,19,21-22,24-25,27-28,30-31,33-34,36-37,56,58,63-66,68-75,77-79,81-85H,3-4,6,8-10,12,14-16,18,20,23,26,29,32,35,38-55,57,59-62H2,1-2H3,(H,76,80)/b7-5-,13-11-,19-17-,22-21-,25-24-,28-27-,31-30-,34-33-,37-36-,58-56+. The quantitative estimate of drug-likeness (QED) is 0.0204. The highest BCUT2D eigenvalue weighted by molar-refractivity contribution is 5.76. The minimum absolute atomic E-state index is 0.244. The van der Waals surface area contributed by atoms with Crippen molar-refractivity contribution in [3.05, 3.63) is 122 Å². The Morgan fingerprint density at radius 3 is 1.19 bits per heavy atom. The van der Waals surface area contributed by atoms with Crippen LogP contribution in [0.4, 0.5) is 0 Å². The summed E-state index contributed by atoms with van der Waals surface area (Å²) in [6, 6.07) is -0.921. The zero-order chi connectivity index (χ0) is 64.5. The first-order valence-corrected chi connectivity index (χ1v) is 35.3. The maximum absolute atomic E-state index is 13.3. The number of aliphatic hydroxyl groups is 8. The second-order valence-electron chi connectivity index (χ2n) is 24.3. The van der Waals surface area contributed by atoms with Crippen LogP contribution in [0.2, 0.25) is 0 Å². The van der Waals surface area contributed by atoms with E-state index < -0.39 is 86.8 Å². The van der Waals surface area contributed by atoms with Gasteiger partial charge in [-0.15, -0.1) is 0 Å². The van der Waals surface area contributed by atoms with Crippen LogP contribution in [0.3, 0.4) is 0 Å². The molecule has 14 nitrogen and oxygen atoms in total. The number of aliphatic hydroxyl groups excluding tert-OH is 8. The van der Waals surface area contributed by atoms with E-state index >= 15 is 0 Å². The Kier molecular flexibility index (Phi) is 53.3. The molecule has 12 atom stereocenters. The number of unbranched alkanes of at least 4 members (excludes halogenated alkanes) is 25. The lowest BCUT2D eigenvalue weighted by molar-refractivity contribution is -0.359. The van der Waals surface area contributed by atoms with Gasteiger partial charge < -0.3 is 65.1 Å². The van der Waals surface area contributed by atoms with E-state index in [1.807, 2.05) is 6.08 Å². The van der Waals surface area contributed by atoms with E-state index in [1.54, 1.807) is 6.08 Å². The van der Waals surface area contributed by atoms with Crippen LogP contribution >= 0.6 is 0 Å². The SMILES string of the molecule is CC/C=C\C/C=C\C/C=C\C/C=C\C/C=C\C/C=C\C/C=C\C/C=C\C/C=C\CCCCCCCCCCCCCCCC(=O)NC(COC1OC(CO)C(OC2OC(CO)C(O)C(O)C2O)C(O)C1O)C(O)/C=C/CCCCCCCCCCCCCC. The molecule has 0 aromatic heterocycles. The van der Waals surface area contributed by atoms with Crippen LogP contribution in [0.25, 0.3) is 0 Å². The Balaban J connectivity index is 1.59. The number of carbonyl (C=O) groups is 1. The number of hydrogen-bond acceptors (Lipinski definition) is 13. The smallest absolute Gasteiger partial charge is 0.220 e. The highest BCUT2D eigenvalue weighted by Gasteiger charge is 2.51. The highest BCUT2D eigenvalue weighted by atomic mass is 16.7. The first-order valence-electron chi connectivity index (χ1n) is 35.3.